The molecule has 0 bridgehead atoms. The number of aryl methyl sites for hydroxylation is 1. The second-order valence-corrected chi connectivity index (χ2v) is 5.39. The quantitative estimate of drug-likeness (QED) is 0.816. The zero-order valence-electron chi connectivity index (χ0n) is 14.7. The number of hydrogen-bond donors (Lipinski definition) is 1. The van der Waals surface area contributed by atoms with Gasteiger partial charge in [-0.2, -0.15) is 0 Å². The van der Waals surface area contributed by atoms with Crippen LogP contribution < -0.4 is 14.8 Å². The van der Waals surface area contributed by atoms with Gasteiger partial charge in [0.05, 0.1) is 14.2 Å². The van der Waals surface area contributed by atoms with Crippen molar-refractivity contribution in [3.8, 4) is 11.5 Å². The van der Waals surface area contributed by atoms with Crippen molar-refractivity contribution in [3.05, 3.63) is 53.6 Å². The molecule has 0 fully saturated rings. The topological polar surface area (TPSA) is 73.9 Å². The van der Waals surface area contributed by atoms with Crippen molar-refractivity contribution >= 4 is 17.6 Å². The minimum Gasteiger partial charge on any atom is -0.496 e. The molecule has 0 radical (unpaired) electrons. The highest BCUT2D eigenvalue weighted by atomic mass is 16.6. The van der Waals surface area contributed by atoms with Gasteiger partial charge in [0.25, 0.3) is 5.91 Å². The predicted octanol–water partition coefficient (Wildman–Crippen LogP) is 3.20. The zero-order valence-corrected chi connectivity index (χ0v) is 14.7. The monoisotopic (exact) mass is 343 g/mol. The van der Waals surface area contributed by atoms with E-state index in [1.165, 1.54) is 21.1 Å². The van der Waals surface area contributed by atoms with Gasteiger partial charge in [-0.1, -0.05) is 24.3 Å². The minimum absolute atomic E-state index is 0.142. The van der Waals surface area contributed by atoms with Crippen LogP contribution in [0.4, 0.5) is 5.69 Å². The molecule has 132 valence electrons. The lowest BCUT2D eigenvalue weighted by molar-refractivity contribution is -0.123. The third kappa shape index (κ3) is 4.29. The molecule has 6 nitrogen and oxygen atoms in total. The summed E-state index contributed by atoms with van der Waals surface area (Å²) in [6, 6.07) is 12.3. The maximum absolute atomic E-state index is 12.5. The van der Waals surface area contributed by atoms with Crippen LogP contribution in [0.3, 0.4) is 0 Å². The Hall–Kier alpha value is -3.02. The first-order valence-corrected chi connectivity index (χ1v) is 7.76. The molecule has 0 aliphatic rings. The summed E-state index contributed by atoms with van der Waals surface area (Å²) >= 11 is 0. The van der Waals surface area contributed by atoms with Crippen LogP contribution in [0.5, 0.6) is 11.5 Å². The van der Waals surface area contributed by atoms with E-state index < -0.39 is 18.0 Å². The lowest BCUT2D eigenvalue weighted by Crippen LogP contribution is -2.30. The second-order valence-electron chi connectivity index (χ2n) is 5.39. The van der Waals surface area contributed by atoms with Crippen molar-refractivity contribution in [1.82, 2.24) is 0 Å². The van der Waals surface area contributed by atoms with E-state index in [2.05, 4.69) is 5.32 Å². The zero-order chi connectivity index (χ0) is 18.4. The lowest BCUT2D eigenvalue weighted by atomic mass is 10.1. The fourth-order valence-electron chi connectivity index (χ4n) is 2.27. The molecule has 1 atom stereocenters. The van der Waals surface area contributed by atoms with Crippen molar-refractivity contribution in [1.29, 1.82) is 0 Å². The number of methoxy groups -OCH3 is 2. The number of amides is 1. The molecule has 25 heavy (non-hydrogen) atoms. The molecule has 1 N–H and O–H groups in total. The predicted molar refractivity (Wildman–Crippen MR) is 94.2 cm³/mol. The molecule has 0 saturated heterocycles. The van der Waals surface area contributed by atoms with Crippen LogP contribution >= 0.6 is 0 Å². The van der Waals surface area contributed by atoms with Gasteiger partial charge in [-0.3, -0.25) is 4.79 Å². The Kier molecular flexibility index (Phi) is 6.00. The van der Waals surface area contributed by atoms with Gasteiger partial charge < -0.3 is 19.5 Å². The number of ether oxygens (including phenoxy) is 3. The van der Waals surface area contributed by atoms with Gasteiger partial charge in [0.1, 0.15) is 17.1 Å². The van der Waals surface area contributed by atoms with Crippen molar-refractivity contribution in [2.24, 2.45) is 0 Å². The summed E-state index contributed by atoms with van der Waals surface area (Å²) in [5, 5.41) is 2.75. The molecule has 1 unspecified atom stereocenters. The van der Waals surface area contributed by atoms with Crippen molar-refractivity contribution in [2.45, 2.75) is 20.0 Å². The second kappa shape index (κ2) is 8.19. The lowest BCUT2D eigenvalue weighted by Gasteiger charge is -2.17. The van der Waals surface area contributed by atoms with Gasteiger partial charge in [-0.25, -0.2) is 4.79 Å². The standard InChI is InChI=1S/C19H21NO5/c1-12-8-5-6-9-14(12)20-18(21)13(2)25-19(22)17-15(23-3)10-7-11-16(17)24-4/h5-11,13H,1-4H3,(H,20,21). The largest absolute Gasteiger partial charge is 0.496 e. The van der Waals surface area contributed by atoms with Gasteiger partial charge in [-0.15, -0.1) is 0 Å². The summed E-state index contributed by atoms with van der Waals surface area (Å²) in [5.74, 6) is -0.482. The summed E-state index contributed by atoms with van der Waals surface area (Å²) < 4.78 is 15.6. The number of rotatable bonds is 6. The summed E-state index contributed by atoms with van der Waals surface area (Å²) in [4.78, 5) is 24.8. The number of carbonyl (C=O) groups excluding carboxylic acids is 2. The average Bonchev–Trinajstić information content (AvgIpc) is 2.62. The Morgan fingerprint density at radius 2 is 1.56 bits per heavy atom. The summed E-state index contributed by atoms with van der Waals surface area (Å²) in [6.07, 6.45) is -0.985. The number of para-hydroxylation sites is 1. The SMILES string of the molecule is COc1cccc(OC)c1C(=O)OC(C)C(=O)Nc1ccccc1C. The van der Waals surface area contributed by atoms with Crippen molar-refractivity contribution in [2.75, 3.05) is 19.5 Å². The van der Waals surface area contributed by atoms with E-state index in [-0.39, 0.29) is 5.56 Å². The maximum Gasteiger partial charge on any atom is 0.346 e. The molecule has 6 heteroatoms. The molecule has 2 rings (SSSR count). The first-order chi connectivity index (χ1) is 12.0. The van der Waals surface area contributed by atoms with Gasteiger partial charge in [0, 0.05) is 5.69 Å². The fraction of sp³-hybridized carbons (Fsp3) is 0.263. The Morgan fingerprint density at radius 1 is 0.960 bits per heavy atom. The molecule has 0 saturated carbocycles. The van der Waals surface area contributed by atoms with Crippen LogP contribution in [0.15, 0.2) is 42.5 Å². The molecule has 0 aromatic heterocycles. The van der Waals surface area contributed by atoms with Gasteiger partial charge >= 0.3 is 5.97 Å². The average molecular weight is 343 g/mol. The maximum atomic E-state index is 12.5. The molecule has 2 aromatic rings. The molecular formula is C19H21NO5. The minimum atomic E-state index is -0.985. The van der Waals surface area contributed by atoms with E-state index in [4.69, 9.17) is 14.2 Å². The highest BCUT2D eigenvalue weighted by Crippen LogP contribution is 2.29. The highest BCUT2D eigenvalue weighted by molar-refractivity contribution is 6.00. The molecule has 0 aliphatic heterocycles. The van der Waals surface area contributed by atoms with E-state index in [0.29, 0.717) is 17.2 Å². The first-order valence-electron chi connectivity index (χ1n) is 7.76. The van der Waals surface area contributed by atoms with Crippen LogP contribution in [0.1, 0.15) is 22.8 Å². The summed E-state index contributed by atoms with van der Waals surface area (Å²) in [5.41, 5.74) is 1.73. The normalized spacial score (nSPS) is 11.4. The van der Waals surface area contributed by atoms with Crippen molar-refractivity contribution in [3.63, 3.8) is 0 Å². The number of nitrogens with one attached hydrogen (secondary N) is 1. The molecular weight excluding hydrogens is 322 g/mol. The Morgan fingerprint density at radius 3 is 2.12 bits per heavy atom. The van der Waals surface area contributed by atoms with Gasteiger partial charge in [0.15, 0.2) is 6.10 Å². The molecule has 0 heterocycles. The van der Waals surface area contributed by atoms with Gasteiger partial charge in [0.2, 0.25) is 0 Å². The fourth-order valence-corrected chi connectivity index (χ4v) is 2.27. The van der Waals surface area contributed by atoms with Crippen LogP contribution in [0.25, 0.3) is 0 Å². The van der Waals surface area contributed by atoms with E-state index in [1.54, 1.807) is 24.3 Å². The molecule has 2 aromatic carbocycles. The Bertz CT molecular complexity index is 750. The summed E-state index contributed by atoms with van der Waals surface area (Å²) in [7, 11) is 2.89. The number of anilines is 1. The van der Waals surface area contributed by atoms with Crippen LogP contribution in [-0.2, 0) is 9.53 Å². The van der Waals surface area contributed by atoms with Crippen molar-refractivity contribution < 1.29 is 23.8 Å². The van der Waals surface area contributed by atoms with E-state index >= 15 is 0 Å². The smallest absolute Gasteiger partial charge is 0.346 e. The van der Waals surface area contributed by atoms with E-state index in [0.717, 1.165) is 5.56 Å². The third-order valence-corrected chi connectivity index (χ3v) is 3.69. The summed E-state index contributed by atoms with van der Waals surface area (Å²) in [6.45, 7) is 3.39. The van der Waals surface area contributed by atoms with E-state index in [1.807, 2.05) is 25.1 Å². The highest BCUT2D eigenvalue weighted by Gasteiger charge is 2.24. The van der Waals surface area contributed by atoms with E-state index in [9.17, 15) is 9.59 Å². The number of carbonyl (C=O) groups is 2. The van der Waals surface area contributed by atoms with Gasteiger partial charge in [-0.05, 0) is 37.6 Å². The number of hydrogen-bond acceptors (Lipinski definition) is 5. The van der Waals surface area contributed by atoms with Crippen LogP contribution in [-0.4, -0.2) is 32.2 Å². The van der Waals surface area contributed by atoms with Crippen LogP contribution in [0.2, 0.25) is 0 Å². The third-order valence-electron chi connectivity index (χ3n) is 3.69. The molecule has 0 spiro atoms. The van der Waals surface area contributed by atoms with Crippen LogP contribution in [0, 0.1) is 6.92 Å². The Balaban J connectivity index is 2.12. The molecule has 0 aliphatic carbocycles. The first kappa shape index (κ1) is 18.3. The Labute approximate surface area is 146 Å². The number of esters is 1. The number of benzene rings is 2. The molecule has 1 amide bonds.